The first-order valence-corrected chi connectivity index (χ1v) is 12.3. The van der Waals surface area contributed by atoms with Crippen LogP contribution in [0.1, 0.15) is 26.5 Å². The van der Waals surface area contributed by atoms with Crippen molar-refractivity contribution in [3.05, 3.63) is 70.6 Å². The molecule has 1 aliphatic heterocycles. The number of hydrogen-bond donors (Lipinski definition) is 0. The van der Waals surface area contributed by atoms with Gasteiger partial charge in [0.15, 0.2) is 0 Å². The molecule has 1 aliphatic rings. The third kappa shape index (κ3) is 4.84. The number of sulfonamides is 1. The van der Waals surface area contributed by atoms with Crippen LogP contribution in [0.2, 0.25) is 0 Å². The SMILES string of the molecule is CC(C)(C)c1ccc(=O)n(CC(=O)N2CCN(S(=O)(=O)c3ccc4ccccc4c3)CC2)n1. The minimum atomic E-state index is -3.66. The highest BCUT2D eigenvalue weighted by Gasteiger charge is 2.30. The summed E-state index contributed by atoms with van der Waals surface area (Å²) in [6.07, 6.45) is 0. The van der Waals surface area contributed by atoms with E-state index in [9.17, 15) is 18.0 Å². The van der Waals surface area contributed by atoms with E-state index in [-0.39, 0.29) is 54.5 Å². The minimum absolute atomic E-state index is 0.166. The largest absolute Gasteiger partial charge is 0.338 e. The van der Waals surface area contributed by atoms with Crippen molar-refractivity contribution < 1.29 is 13.2 Å². The molecule has 0 unspecified atom stereocenters. The van der Waals surface area contributed by atoms with Gasteiger partial charge in [0.25, 0.3) is 5.56 Å². The Labute approximate surface area is 193 Å². The van der Waals surface area contributed by atoms with Crippen LogP contribution in [0.5, 0.6) is 0 Å². The summed E-state index contributed by atoms with van der Waals surface area (Å²) < 4.78 is 28.9. The summed E-state index contributed by atoms with van der Waals surface area (Å²) in [6.45, 7) is 6.72. The molecule has 0 bridgehead atoms. The Morgan fingerprint density at radius 1 is 0.939 bits per heavy atom. The average Bonchev–Trinajstić information content (AvgIpc) is 2.79. The number of hydrogen-bond acceptors (Lipinski definition) is 5. The van der Waals surface area contributed by atoms with Crippen molar-refractivity contribution in [3.8, 4) is 0 Å². The van der Waals surface area contributed by atoms with Crippen LogP contribution in [-0.4, -0.2) is 59.5 Å². The molecule has 8 nitrogen and oxygen atoms in total. The van der Waals surface area contributed by atoms with E-state index < -0.39 is 10.0 Å². The lowest BCUT2D eigenvalue weighted by atomic mass is 9.92. The lowest BCUT2D eigenvalue weighted by Gasteiger charge is -2.34. The second kappa shape index (κ2) is 8.72. The fraction of sp³-hybridized carbons (Fsp3) is 0.375. The monoisotopic (exact) mass is 468 g/mol. The zero-order chi connectivity index (χ0) is 23.8. The van der Waals surface area contributed by atoms with E-state index in [1.165, 1.54) is 15.1 Å². The Balaban J connectivity index is 1.44. The van der Waals surface area contributed by atoms with Crippen LogP contribution in [0.4, 0.5) is 0 Å². The predicted molar refractivity (Wildman–Crippen MR) is 126 cm³/mol. The highest BCUT2D eigenvalue weighted by atomic mass is 32.2. The first-order valence-electron chi connectivity index (χ1n) is 10.9. The van der Waals surface area contributed by atoms with E-state index in [4.69, 9.17) is 0 Å². The maximum atomic E-state index is 13.1. The molecule has 33 heavy (non-hydrogen) atoms. The van der Waals surface area contributed by atoms with Gasteiger partial charge >= 0.3 is 0 Å². The Hall–Kier alpha value is -3.04. The summed E-state index contributed by atoms with van der Waals surface area (Å²) in [7, 11) is -3.66. The van der Waals surface area contributed by atoms with E-state index in [2.05, 4.69) is 5.10 Å². The minimum Gasteiger partial charge on any atom is -0.338 e. The van der Waals surface area contributed by atoms with Gasteiger partial charge < -0.3 is 4.90 Å². The molecule has 0 atom stereocenters. The van der Waals surface area contributed by atoms with Gasteiger partial charge in [0.1, 0.15) is 6.54 Å². The summed E-state index contributed by atoms with van der Waals surface area (Å²) in [6, 6.07) is 15.8. The molecule has 9 heteroatoms. The molecule has 174 valence electrons. The molecule has 4 rings (SSSR count). The first kappa shape index (κ1) is 23.1. The number of piperazine rings is 1. The second-order valence-electron chi connectivity index (χ2n) is 9.26. The van der Waals surface area contributed by atoms with Crippen molar-refractivity contribution in [1.82, 2.24) is 19.0 Å². The third-order valence-corrected chi connectivity index (χ3v) is 7.76. The first-order chi connectivity index (χ1) is 15.6. The molecule has 2 heterocycles. The highest BCUT2D eigenvalue weighted by Crippen LogP contribution is 2.23. The van der Waals surface area contributed by atoms with Crippen LogP contribution in [0, 0.1) is 0 Å². The number of benzene rings is 2. The molecule has 0 spiro atoms. The van der Waals surface area contributed by atoms with Gasteiger partial charge in [-0.3, -0.25) is 9.59 Å². The maximum Gasteiger partial charge on any atom is 0.267 e. The molecular weight excluding hydrogens is 440 g/mol. The molecule has 1 fully saturated rings. The molecule has 0 radical (unpaired) electrons. The number of fused-ring (bicyclic) bond motifs is 1. The lowest BCUT2D eigenvalue weighted by Crippen LogP contribution is -2.51. The Morgan fingerprint density at radius 3 is 2.27 bits per heavy atom. The maximum absolute atomic E-state index is 13.1. The van der Waals surface area contributed by atoms with Gasteiger partial charge in [0.2, 0.25) is 15.9 Å². The summed E-state index contributed by atoms with van der Waals surface area (Å²) in [5, 5.41) is 6.19. The van der Waals surface area contributed by atoms with Gasteiger partial charge in [-0.2, -0.15) is 9.40 Å². The van der Waals surface area contributed by atoms with Gasteiger partial charge in [-0.1, -0.05) is 51.1 Å². The zero-order valence-electron chi connectivity index (χ0n) is 19.1. The average molecular weight is 469 g/mol. The van der Waals surface area contributed by atoms with Crippen molar-refractivity contribution in [2.45, 2.75) is 37.6 Å². The van der Waals surface area contributed by atoms with E-state index in [0.717, 1.165) is 16.5 Å². The van der Waals surface area contributed by atoms with Crippen molar-refractivity contribution >= 4 is 26.7 Å². The fourth-order valence-corrected chi connectivity index (χ4v) is 5.30. The summed E-state index contributed by atoms with van der Waals surface area (Å²) in [5.74, 6) is -0.251. The zero-order valence-corrected chi connectivity index (χ0v) is 19.9. The Bertz CT molecular complexity index is 1350. The standard InChI is InChI=1S/C24H28N4O4S/c1-24(2,3)21-10-11-22(29)28(25-21)17-23(30)26-12-14-27(15-13-26)33(31,32)20-9-8-18-6-4-5-7-19(18)16-20/h4-11,16H,12-15,17H2,1-3H3. The van der Waals surface area contributed by atoms with Crippen molar-refractivity contribution in [2.24, 2.45) is 0 Å². The summed E-state index contributed by atoms with van der Waals surface area (Å²) in [5.41, 5.74) is 0.136. The van der Waals surface area contributed by atoms with Gasteiger partial charge in [-0.05, 0) is 29.0 Å². The van der Waals surface area contributed by atoms with Crippen molar-refractivity contribution in [1.29, 1.82) is 0 Å². The molecular formula is C24H28N4O4S. The van der Waals surface area contributed by atoms with Crippen LogP contribution in [0.25, 0.3) is 10.8 Å². The topological polar surface area (TPSA) is 92.6 Å². The predicted octanol–water partition coefficient (Wildman–Crippen LogP) is 2.23. The second-order valence-corrected chi connectivity index (χ2v) is 11.2. The number of carbonyl (C=O) groups excluding carboxylic acids is 1. The normalized spacial score (nSPS) is 15.7. The quantitative estimate of drug-likeness (QED) is 0.586. The van der Waals surface area contributed by atoms with Gasteiger partial charge in [-0.15, -0.1) is 0 Å². The third-order valence-electron chi connectivity index (χ3n) is 5.87. The molecule has 0 N–H and O–H groups in total. The molecule has 1 aromatic heterocycles. The Kier molecular flexibility index (Phi) is 6.11. The van der Waals surface area contributed by atoms with Crippen LogP contribution < -0.4 is 5.56 Å². The van der Waals surface area contributed by atoms with Crippen LogP contribution in [-0.2, 0) is 26.8 Å². The molecule has 3 aromatic rings. The summed E-state index contributed by atoms with van der Waals surface area (Å²) >= 11 is 0. The van der Waals surface area contributed by atoms with Crippen LogP contribution in [0.3, 0.4) is 0 Å². The molecule has 1 amide bonds. The molecule has 0 aliphatic carbocycles. The van der Waals surface area contributed by atoms with E-state index in [1.807, 2.05) is 45.0 Å². The number of rotatable bonds is 4. The lowest BCUT2D eigenvalue weighted by molar-refractivity contribution is -0.133. The molecule has 0 saturated carbocycles. The van der Waals surface area contributed by atoms with E-state index in [1.54, 1.807) is 29.2 Å². The van der Waals surface area contributed by atoms with Crippen LogP contribution >= 0.6 is 0 Å². The van der Waals surface area contributed by atoms with Gasteiger partial charge in [0.05, 0.1) is 10.6 Å². The van der Waals surface area contributed by atoms with Crippen molar-refractivity contribution in [3.63, 3.8) is 0 Å². The smallest absolute Gasteiger partial charge is 0.267 e. The Morgan fingerprint density at radius 2 is 1.61 bits per heavy atom. The number of aromatic nitrogens is 2. The number of nitrogens with zero attached hydrogens (tertiary/aromatic N) is 4. The number of amides is 1. The molecule has 2 aromatic carbocycles. The molecule has 1 saturated heterocycles. The van der Waals surface area contributed by atoms with E-state index in [0.29, 0.717) is 0 Å². The van der Waals surface area contributed by atoms with Crippen molar-refractivity contribution in [2.75, 3.05) is 26.2 Å². The van der Waals surface area contributed by atoms with Crippen LogP contribution in [0.15, 0.2) is 64.3 Å². The van der Waals surface area contributed by atoms with E-state index >= 15 is 0 Å². The van der Waals surface area contributed by atoms with Gasteiger partial charge in [0, 0.05) is 37.7 Å². The summed E-state index contributed by atoms with van der Waals surface area (Å²) in [4.78, 5) is 26.8. The highest BCUT2D eigenvalue weighted by molar-refractivity contribution is 7.89. The van der Waals surface area contributed by atoms with Gasteiger partial charge in [-0.25, -0.2) is 13.1 Å². The fourth-order valence-electron chi connectivity index (χ4n) is 3.85. The number of carbonyl (C=O) groups is 1.